The van der Waals surface area contributed by atoms with Crippen molar-refractivity contribution in [3.05, 3.63) is 143 Å². The first-order chi connectivity index (χ1) is 15.0. The van der Waals surface area contributed by atoms with Crippen LogP contribution in [0.3, 0.4) is 0 Å². The monoisotopic (exact) mass is 436 g/mol. The highest BCUT2D eigenvalue weighted by atomic mass is 32.2. The van der Waals surface area contributed by atoms with Crippen LogP contribution in [0.5, 0.6) is 0 Å². The Labute approximate surface area is 181 Å². The zero-order valence-electron chi connectivity index (χ0n) is 16.2. The summed E-state index contributed by atoms with van der Waals surface area (Å²) in [5.74, 6) is -1.45. The first kappa shape index (κ1) is 19.9. The Morgan fingerprint density at radius 3 is 0.742 bits per heavy atom. The van der Waals surface area contributed by atoms with Gasteiger partial charge >= 0.3 is 0 Å². The highest BCUT2D eigenvalue weighted by Gasteiger charge is 2.72. The topological polar surface area (TPSA) is 0 Å². The lowest BCUT2D eigenvalue weighted by molar-refractivity contribution is 0.613. The van der Waals surface area contributed by atoms with Gasteiger partial charge in [0, 0.05) is 0 Å². The van der Waals surface area contributed by atoms with E-state index in [0.717, 1.165) is 22.3 Å². The molecule has 4 aromatic carbocycles. The van der Waals surface area contributed by atoms with E-state index in [1.807, 2.05) is 0 Å². The molecular weight excluding hydrogens is 420 g/mol. The molecule has 0 spiro atoms. The average molecular weight is 436 g/mol. The van der Waals surface area contributed by atoms with E-state index in [9.17, 15) is 17.6 Å². The molecule has 0 nitrogen and oxygen atoms in total. The van der Waals surface area contributed by atoms with Gasteiger partial charge in [0.25, 0.3) is 0 Å². The van der Waals surface area contributed by atoms with Crippen LogP contribution < -0.4 is 0 Å². The Bertz CT molecular complexity index is 1020. The summed E-state index contributed by atoms with van der Waals surface area (Å²) in [6.07, 6.45) is 0. The van der Waals surface area contributed by atoms with E-state index in [1.54, 1.807) is 60.3 Å². The summed E-state index contributed by atoms with van der Waals surface area (Å²) in [4.78, 5) is 0. The molecular formula is C26H16F4S. The van der Waals surface area contributed by atoms with Gasteiger partial charge in [0.2, 0.25) is 0 Å². The lowest BCUT2D eigenvalue weighted by atomic mass is 9.74. The van der Waals surface area contributed by atoms with Crippen molar-refractivity contribution in [2.75, 3.05) is 0 Å². The SMILES string of the molecule is Fc1ccc(C2(c3ccc(F)cc3)SC2(c2ccc(F)cc2)c2ccc(F)cc2)cc1. The smallest absolute Gasteiger partial charge is 0.123 e. The predicted molar refractivity (Wildman–Crippen MR) is 115 cm³/mol. The van der Waals surface area contributed by atoms with Gasteiger partial charge in [-0.15, -0.1) is 11.8 Å². The third-order valence-electron chi connectivity index (χ3n) is 5.76. The molecule has 154 valence electrons. The van der Waals surface area contributed by atoms with Crippen molar-refractivity contribution < 1.29 is 17.6 Å². The number of benzene rings is 4. The third kappa shape index (κ3) is 3.07. The maximum absolute atomic E-state index is 13.7. The van der Waals surface area contributed by atoms with Gasteiger partial charge in [-0.2, -0.15) is 0 Å². The highest BCUT2D eigenvalue weighted by molar-refractivity contribution is 8.09. The van der Waals surface area contributed by atoms with Gasteiger partial charge in [-0.05, 0) is 70.8 Å². The molecule has 0 aliphatic carbocycles. The number of halogens is 4. The van der Waals surface area contributed by atoms with Crippen molar-refractivity contribution in [2.24, 2.45) is 0 Å². The molecule has 0 unspecified atom stereocenters. The molecule has 0 radical (unpaired) electrons. The summed E-state index contributed by atoms with van der Waals surface area (Å²) in [5, 5.41) is 0. The van der Waals surface area contributed by atoms with Crippen molar-refractivity contribution in [2.45, 2.75) is 9.49 Å². The molecule has 5 rings (SSSR count). The van der Waals surface area contributed by atoms with Gasteiger partial charge in [0.15, 0.2) is 0 Å². The second-order valence-corrected chi connectivity index (χ2v) is 8.92. The normalized spacial score (nSPS) is 16.1. The molecule has 0 bridgehead atoms. The Balaban J connectivity index is 1.80. The molecule has 0 saturated carbocycles. The van der Waals surface area contributed by atoms with E-state index < -0.39 is 9.49 Å². The Hall–Kier alpha value is -3.05. The quantitative estimate of drug-likeness (QED) is 0.241. The van der Waals surface area contributed by atoms with Crippen LogP contribution in [0.2, 0.25) is 0 Å². The molecule has 0 aromatic heterocycles. The van der Waals surface area contributed by atoms with E-state index in [0.29, 0.717) is 0 Å². The number of hydrogen-bond acceptors (Lipinski definition) is 1. The molecule has 5 heteroatoms. The second-order valence-electron chi connectivity index (χ2n) is 7.49. The summed E-state index contributed by atoms with van der Waals surface area (Å²) in [7, 11) is 0. The summed E-state index contributed by atoms with van der Waals surface area (Å²) in [5.41, 5.74) is 3.27. The van der Waals surface area contributed by atoms with Crippen molar-refractivity contribution in [1.29, 1.82) is 0 Å². The molecule has 1 aliphatic rings. The van der Waals surface area contributed by atoms with Crippen LogP contribution in [0, 0.1) is 23.3 Å². The molecule has 4 aromatic rings. The Morgan fingerprint density at radius 1 is 0.355 bits per heavy atom. The fourth-order valence-electron chi connectivity index (χ4n) is 4.32. The van der Waals surface area contributed by atoms with Crippen LogP contribution in [0.1, 0.15) is 22.3 Å². The van der Waals surface area contributed by atoms with Gasteiger partial charge in [0.1, 0.15) is 23.3 Å². The lowest BCUT2D eigenvalue weighted by Crippen LogP contribution is -2.25. The van der Waals surface area contributed by atoms with Gasteiger partial charge < -0.3 is 0 Å². The largest absolute Gasteiger partial charge is 0.207 e. The third-order valence-corrected chi connectivity index (χ3v) is 7.73. The van der Waals surface area contributed by atoms with Gasteiger partial charge in [-0.1, -0.05) is 48.5 Å². The van der Waals surface area contributed by atoms with Gasteiger partial charge in [-0.3, -0.25) is 0 Å². The maximum atomic E-state index is 13.7. The van der Waals surface area contributed by atoms with E-state index in [1.165, 1.54) is 48.5 Å². The fraction of sp³-hybridized carbons (Fsp3) is 0.0769. The molecule has 1 fully saturated rings. The average Bonchev–Trinajstić information content (AvgIpc) is 3.48. The zero-order valence-corrected chi connectivity index (χ0v) is 17.0. The van der Waals surface area contributed by atoms with Crippen molar-refractivity contribution >= 4 is 11.8 Å². The van der Waals surface area contributed by atoms with Crippen LogP contribution in [-0.4, -0.2) is 0 Å². The summed E-state index contributed by atoms with van der Waals surface area (Å²) >= 11 is 1.58. The van der Waals surface area contributed by atoms with Crippen molar-refractivity contribution in [1.82, 2.24) is 0 Å². The number of thioether (sulfide) groups is 1. The predicted octanol–water partition coefficient (Wildman–Crippen LogP) is 7.18. The Kier molecular flexibility index (Phi) is 4.67. The number of hydrogen-bond donors (Lipinski definition) is 0. The molecule has 31 heavy (non-hydrogen) atoms. The highest BCUT2D eigenvalue weighted by Crippen LogP contribution is 2.80. The number of rotatable bonds is 4. The molecule has 0 N–H and O–H groups in total. The van der Waals surface area contributed by atoms with Crippen molar-refractivity contribution in [3.63, 3.8) is 0 Å². The van der Waals surface area contributed by atoms with Crippen molar-refractivity contribution in [3.8, 4) is 0 Å². The maximum Gasteiger partial charge on any atom is 0.123 e. The van der Waals surface area contributed by atoms with E-state index in [2.05, 4.69) is 0 Å². The standard InChI is InChI=1S/C26H16F4S/c27-21-9-1-17(2-10-21)25(18-3-11-22(28)12-4-18)26(31-25,19-5-13-23(29)14-6-19)20-7-15-24(30)16-8-20/h1-16H. The minimum Gasteiger partial charge on any atom is -0.207 e. The van der Waals surface area contributed by atoms with Gasteiger partial charge in [0.05, 0.1) is 9.49 Å². The molecule has 0 amide bonds. The summed E-state index contributed by atoms with van der Waals surface area (Å²) < 4.78 is 53.5. The van der Waals surface area contributed by atoms with Crippen LogP contribution >= 0.6 is 11.8 Å². The van der Waals surface area contributed by atoms with Crippen LogP contribution in [0.25, 0.3) is 0 Å². The Morgan fingerprint density at radius 2 is 0.548 bits per heavy atom. The first-order valence-electron chi connectivity index (χ1n) is 9.70. The molecule has 0 atom stereocenters. The first-order valence-corrected chi connectivity index (χ1v) is 10.5. The van der Waals surface area contributed by atoms with Crippen LogP contribution in [0.4, 0.5) is 17.6 Å². The van der Waals surface area contributed by atoms with E-state index in [-0.39, 0.29) is 23.3 Å². The van der Waals surface area contributed by atoms with E-state index >= 15 is 0 Å². The fourth-order valence-corrected chi connectivity index (χ4v) is 6.22. The van der Waals surface area contributed by atoms with Gasteiger partial charge in [-0.25, -0.2) is 17.6 Å². The molecule has 1 saturated heterocycles. The van der Waals surface area contributed by atoms with Crippen LogP contribution in [0.15, 0.2) is 97.1 Å². The lowest BCUT2D eigenvalue weighted by Gasteiger charge is -2.26. The zero-order chi connectivity index (χ0) is 21.6. The summed E-state index contributed by atoms with van der Waals surface area (Å²) in [6, 6.07) is 24.8. The minimum absolute atomic E-state index is 0.363. The minimum atomic E-state index is -0.732. The summed E-state index contributed by atoms with van der Waals surface area (Å²) in [6.45, 7) is 0. The molecule has 1 heterocycles. The van der Waals surface area contributed by atoms with Crippen LogP contribution in [-0.2, 0) is 9.49 Å². The second kappa shape index (κ2) is 7.27. The molecule has 1 aliphatic heterocycles. The van der Waals surface area contributed by atoms with E-state index in [4.69, 9.17) is 0 Å².